The van der Waals surface area contributed by atoms with Crippen LogP contribution in [0.3, 0.4) is 0 Å². The van der Waals surface area contributed by atoms with Gasteiger partial charge in [-0.1, -0.05) is 30.3 Å². The summed E-state index contributed by atoms with van der Waals surface area (Å²) >= 11 is 0. The van der Waals surface area contributed by atoms with Crippen molar-refractivity contribution in [3.8, 4) is 17.1 Å². The molecule has 35 heavy (non-hydrogen) atoms. The van der Waals surface area contributed by atoms with Crippen molar-refractivity contribution in [3.63, 3.8) is 0 Å². The van der Waals surface area contributed by atoms with Crippen LogP contribution in [0.2, 0.25) is 0 Å². The van der Waals surface area contributed by atoms with Gasteiger partial charge < -0.3 is 16.4 Å². The Balaban J connectivity index is 1.61. The summed E-state index contributed by atoms with van der Waals surface area (Å²) in [7, 11) is 0. The molecule has 9 nitrogen and oxygen atoms in total. The van der Waals surface area contributed by atoms with Crippen LogP contribution in [0.1, 0.15) is 17.3 Å². The summed E-state index contributed by atoms with van der Waals surface area (Å²) in [6.45, 7) is 1.46. The number of fused-ring (bicyclic) bond motifs is 1. The zero-order chi connectivity index (χ0) is 24.4. The van der Waals surface area contributed by atoms with Crippen LogP contribution in [0.4, 0.5) is 17.2 Å². The summed E-state index contributed by atoms with van der Waals surface area (Å²) in [6, 6.07) is 23.9. The number of carbonyl (C=O) groups is 2. The van der Waals surface area contributed by atoms with Gasteiger partial charge in [0, 0.05) is 35.1 Å². The topological polar surface area (TPSA) is 128 Å². The van der Waals surface area contributed by atoms with E-state index in [0.29, 0.717) is 34.1 Å². The molecule has 0 atom stereocenters. The number of benzene rings is 3. The van der Waals surface area contributed by atoms with Crippen molar-refractivity contribution in [1.82, 2.24) is 19.5 Å². The van der Waals surface area contributed by atoms with Gasteiger partial charge in [-0.3, -0.25) is 14.2 Å². The molecular weight excluding hydrogens is 442 g/mol. The largest absolute Gasteiger partial charge is 0.366 e. The van der Waals surface area contributed by atoms with Crippen LogP contribution in [0.5, 0.6) is 0 Å². The minimum Gasteiger partial charge on any atom is -0.366 e. The maximum Gasteiger partial charge on any atom is 0.248 e. The number of para-hydroxylation sites is 1. The molecular formula is C26H21N7O2. The lowest BCUT2D eigenvalue weighted by Crippen LogP contribution is -2.10. The van der Waals surface area contributed by atoms with Crippen molar-refractivity contribution in [2.45, 2.75) is 6.92 Å². The van der Waals surface area contributed by atoms with Gasteiger partial charge in [0.25, 0.3) is 0 Å². The van der Waals surface area contributed by atoms with Crippen LogP contribution in [-0.2, 0) is 4.79 Å². The third kappa shape index (κ3) is 4.55. The first kappa shape index (κ1) is 21.8. The third-order valence-electron chi connectivity index (χ3n) is 5.33. The molecule has 5 rings (SSSR count). The predicted octanol–water partition coefficient (Wildman–Crippen LogP) is 4.28. The van der Waals surface area contributed by atoms with E-state index in [1.54, 1.807) is 42.7 Å². The highest BCUT2D eigenvalue weighted by Crippen LogP contribution is 2.28. The zero-order valence-corrected chi connectivity index (χ0v) is 18.8. The summed E-state index contributed by atoms with van der Waals surface area (Å²) in [5.74, 6) is 0.344. The van der Waals surface area contributed by atoms with Crippen molar-refractivity contribution in [2.75, 3.05) is 10.6 Å². The molecule has 4 N–H and O–H groups in total. The second kappa shape index (κ2) is 9.06. The molecule has 0 saturated carbocycles. The van der Waals surface area contributed by atoms with Crippen LogP contribution >= 0.6 is 0 Å². The fourth-order valence-electron chi connectivity index (χ4n) is 3.65. The minimum absolute atomic E-state index is 0.137. The van der Waals surface area contributed by atoms with Gasteiger partial charge in [-0.15, -0.1) is 0 Å². The van der Waals surface area contributed by atoms with E-state index in [-0.39, 0.29) is 5.91 Å². The molecule has 172 valence electrons. The monoisotopic (exact) mass is 463 g/mol. The fourth-order valence-corrected chi connectivity index (χ4v) is 3.65. The Morgan fingerprint density at radius 1 is 0.857 bits per heavy atom. The van der Waals surface area contributed by atoms with E-state index in [9.17, 15) is 9.59 Å². The quantitative estimate of drug-likeness (QED) is 0.345. The smallest absolute Gasteiger partial charge is 0.248 e. The van der Waals surface area contributed by atoms with E-state index >= 15 is 0 Å². The lowest BCUT2D eigenvalue weighted by atomic mass is 10.1. The molecule has 5 aromatic rings. The van der Waals surface area contributed by atoms with Gasteiger partial charge in [0.15, 0.2) is 22.8 Å². The highest BCUT2D eigenvalue weighted by molar-refractivity contribution is 5.93. The van der Waals surface area contributed by atoms with Gasteiger partial charge in [-0.2, -0.15) is 0 Å². The van der Waals surface area contributed by atoms with Crippen LogP contribution < -0.4 is 16.4 Å². The average molecular weight is 464 g/mol. The summed E-state index contributed by atoms with van der Waals surface area (Å²) in [6.07, 6.45) is 1.71. The van der Waals surface area contributed by atoms with Gasteiger partial charge in [-0.25, -0.2) is 15.0 Å². The van der Waals surface area contributed by atoms with E-state index in [4.69, 9.17) is 15.7 Å². The number of hydrogen-bond acceptors (Lipinski definition) is 6. The minimum atomic E-state index is -0.500. The van der Waals surface area contributed by atoms with Gasteiger partial charge in [0.05, 0.1) is 0 Å². The highest BCUT2D eigenvalue weighted by Gasteiger charge is 2.16. The number of aromatic nitrogens is 4. The maximum absolute atomic E-state index is 11.5. The normalized spacial score (nSPS) is 10.8. The van der Waals surface area contributed by atoms with Crippen molar-refractivity contribution < 1.29 is 9.59 Å². The lowest BCUT2D eigenvalue weighted by molar-refractivity contribution is -0.114. The molecule has 0 unspecified atom stereocenters. The number of hydrogen-bond donors (Lipinski definition) is 3. The van der Waals surface area contributed by atoms with E-state index in [1.165, 1.54) is 6.92 Å². The van der Waals surface area contributed by atoms with E-state index in [0.717, 1.165) is 16.9 Å². The predicted molar refractivity (Wildman–Crippen MR) is 135 cm³/mol. The molecule has 0 aliphatic carbocycles. The van der Waals surface area contributed by atoms with Crippen molar-refractivity contribution in [3.05, 3.63) is 90.8 Å². The number of nitrogens with two attached hydrogens (primary N) is 1. The Morgan fingerprint density at radius 2 is 1.54 bits per heavy atom. The molecule has 2 aromatic heterocycles. The number of imidazole rings is 1. The first-order valence-corrected chi connectivity index (χ1v) is 10.8. The lowest BCUT2D eigenvalue weighted by Gasteiger charge is -2.11. The van der Waals surface area contributed by atoms with E-state index in [2.05, 4.69) is 15.6 Å². The van der Waals surface area contributed by atoms with Crippen molar-refractivity contribution >= 4 is 40.2 Å². The second-order valence-electron chi connectivity index (χ2n) is 7.84. The number of rotatable bonds is 6. The van der Waals surface area contributed by atoms with Crippen LogP contribution in [0.25, 0.3) is 28.2 Å². The summed E-state index contributed by atoms with van der Waals surface area (Å²) in [4.78, 5) is 36.9. The first-order valence-electron chi connectivity index (χ1n) is 10.8. The van der Waals surface area contributed by atoms with Gasteiger partial charge in [0.2, 0.25) is 11.8 Å². The summed E-state index contributed by atoms with van der Waals surface area (Å²) < 4.78 is 1.89. The van der Waals surface area contributed by atoms with Crippen LogP contribution in [0.15, 0.2) is 85.2 Å². The molecule has 0 aliphatic heterocycles. The van der Waals surface area contributed by atoms with Crippen LogP contribution in [0, 0.1) is 0 Å². The van der Waals surface area contributed by atoms with E-state index in [1.807, 2.05) is 47.0 Å². The standard InChI is InChI=1S/C26H21N7O2/c1-16(34)29-19-11-13-20(14-12-19)30-25-22-26(33(15-28-22)21-5-3-2-4-6-21)32-24(31-25)18-9-7-17(8-10-18)23(27)35/h2-15H,1H3,(H2,27,35)(H,29,34)(H,30,31,32). The van der Waals surface area contributed by atoms with Gasteiger partial charge in [-0.05, 0) is 48.5 Å². The second-order valence-corrected chi connectivity index (χ2v) is 7.84. The number of nitrogens with zero attached hydrogens (tertiary/aromatic N) is 4. The van der Waals surface area contributed by atoms with Crippen LogP contribution in [-0.4, -0.2) is 31.3 Å². The SMILES string of the molecule is CC(=O)Nc1ccc(Nc2nc(-c3ccc(C(N)=O)cc3)nc3c2ncn3-c2ccccc2)cc1. The highest BCUT2D eigenvalue weighted by atomic mass is 16.1. The molecule has 9 heteroatoms. The Hall–Kier alpha value is -5.05. The number of nitrogens with one attached hydrogen (secondary N) is 2. The van der Waals surface area contributed by atoms with E-state index < -0.39 is 5.91 Å². The molecule has 2 amide bonds. The molecule has 0 aliphatic rings. The number of amides is 2. The Bertz CT molecular complexity index is 1530. The number of anilines is 3. The fraction of sp³-hybridized carbons (Fsp3) is 0.0385. The van der Waals surface area contributed by atoms with Crippen molar-refractivity contribution in [1.29, 1.82) is 0 Å². The number of primary amides is 1. The molecule has 2 heterocycles. The Kier molecular flexibility index (Phi) is 5.64. The molecule has 0 spiro atoms. The summed E-state index contributed by atoms with van der Waals surface area (Å²) in [5.41, 5.74) is 10.1. The number of carbonyl (C=O) groups excluding carboxylic acids is 2. The molecule has 0 radical (unpaired) electrons. The summed E-state index contributed by atoms with van der Waals surface area (Å²) in [5, 5.41) is 6.07. The van der Waals surface area contributed by atoms with Gasteiger partial charge in [0.1, 0.15) is 6.33 Å². The third-order valence-corrected chi connectivity index (χ3v) is 5.33. The molecule has 0 saturated heterocycles. The maximum atomic E-state index is 11.5. The Labute approximate surface area is 200 Å². The molecule has 3 aromatic carbocycles. The van der Waals surface area contributed by atoms with Crippen molar-refractivity contribution in [2.24, 2.45) is 5.73 Å². The van der Waals surface area contributed by atoms with Gasteiger partial charge >= 0.3 is 0 Å². The zero-order valence-electron chi connectivity index (χ0n) is 18.8. The molecule has 0 fully saturated rings. The molecule has 0 bridgehead atoms. The first-order chi connectivity index (χ1) is 17.0. The Morgan fingerprint density at radius 3 is 2.20 bits per heavy atom. The average Bonchev–Trinajstić information content (AvgIpc) is 3.30.